The van der Waals surface area contributed by atoms with Gasteiger partial charge in [-0.2, -0.15) is 0 Å². The number of ether oxygens (including phenoxy) is 2. The van der Waals surface area contributed by atoms with Gasteiger partial charge in [0.15, 0.2) is 5.96 Å². The Balaban J connectivity index is 1.30. The number of hydrogen-bond donors (Lipinski definition) is 2. The van der Waals surface area contributed by atoms with Gasteiger partial charge in [-0.1, -0.05) is 6.07 Å². The summed E-state index contributed by atoms with van der Waals surface area (Å²) in [6.45, 7) is 1.05. The van der Waals surface area contributed by atoms with Crippen LogP contribution in [0.3, 0.4) is 0 Å². The van der Waals surface area contributed by atoms with Gasteiger partial charge in [0.25, 0.3) is 5.91 Å². The average Bonchev–Trinajstić information content (AvgIpc) is 3.66. The Bertz CT molecular complexity index is 1290. The van der Waals surface area contributed by atoms with Gasteiger partial charge in [0.05, 0.1) is 31.3 Å². The van der Waals surface area contributed by atoms with Crippen molar-refractivity contribution in [3.8, 4) is 11.5 Å². The van der Waals surface area contributed by atoms with Gasteiger partial charge in [-0.3, -0.25) is 14.5 Å². The van der Waals surface area contributed by atoms with Gasteiger partial charge in [-0.15, -0.1) is 0 Å². The number of fused-ring (bicyclic) bond motifs is 3. The predicted molar refractivity (Wildman–Crippen MR) is 133 cm³/mol. The summed E-state index contributed by atoms with van der Waals surface area (Å²) in [4.78, 5) is 33.1. The molecular formula is C28H30N4O4. The third kappa shape index (κ3) is 3.62. The smallest absolute Gasteiger partial charge is 0.251 e. The summed E-state index contributed by atoms with van der Waals surface area (Å²) in [5, 5.41) is 3.24. The van der Waals surface area contributed by atoms with E-state index in [1.807, 2.05) is 12.1 Å². The summed E-state index contributed by atoms with van der Waals surface area (Å²) in [5.41, 5.74) is 10.1. The highest BCUT2D eigenvalue weighted by Crippen LogP contribution is 2.52. The number of amides is 2. The van der Waals surface area contributed by atoms with Gasteiger partial charge >= 0.3 is 0 Å². The number of guanidine groups is 1. The van der Waals surface area contributed by atoms with E-state index in [4.69, 9.17) is 20.2 Å². The van der Waals surface area contributed by atoms with Gasteiger partial charge in [0, 0.05) is 36.0 Å². The molecule has 5 aliphatic heterocycles. The monoisotopic (exact) mass is 486 g/mol. The zero-order valence-electron chi connectivity index (χ0n) is 20.1. The van der Waals surface area contributed by atoms with E-state index in [0.29, 0.717) is 49.2 Å². The summed E-state index contributed by atoms with van der Waals surface area (Å²) in [6.07, 6.45) is 4.72. The lowest BCUT2D eigenvalue weighted by Crippen LogP contribution is -2.50. The molecule has 1 aliphatic carbocycles. The number of carbonyl (C=O) groups is 2. The lowest BCUT2D eigenvalue weighted by Gasteiger charge is -2.38. The largest absolute Gasteiger partial charge is 0.493 e. The Morgan fingerprint density at radius 1 is 0.944 bits per heavy atom. The molecule has 4 unspecified atom stereocenters. The summed E-state index contributed by atoms with van der Waals surface area (Å²) in [7, 11) is 0. The molecule has 6 aliphatic rings. The summed E-state index contributed by atoms with van der Waals surface area (Å²) >= 11 is 0. The number of benzene rings is 2. The van der Waals surface area contributed by atoms with Crippen molar-refractivity contribution in [3.63, 3.8) is 0 Å². The van der Waals surface area contributed by atoms with Crippen LogP contribution in [0.1, 0.15) is 83.6 Å². The second kappa shape index (κ2) is 8.25. The van der Waals surface area contributed by atoms with Crippen molar-refractivity contribution in [3.05, 3.63) is 58.7 Å². The van der Waals surface area contributed by atoms with Crippen LogP contribution in [0, 0.1) is 5.92 Å². The standard InChI is InChI=1S/C28H30N4O4/c29-28-30-18-4-1-15-11-19(15)16-2-5-24-20(12-16)22(7-9-35-24)31-27(34)17-3-6-25-21(13-17)23(8-10-36-25)32(28)26(33)14-18/h2-3,5-6,12-13,15,18-19,22-23H,1,4,7-11,14H2,(H2,29,30)(H,31,34)/t15?,18?,19?,22?,23-/m1/s1. The Kier molecular flexibility index (Phi) is 4.98. The SMILES string of the molecule is NC1=NC2CCC3CC3c3ccc4c(c3)C(CCO4)NC(=O)c3ccc4c(c3)[C@@H](CCO4)N1C(=O)C2. The highest BCUT2D eigenvalue weighted by molar-refractivity contribution is 5.99. The third-order valence-corrected chi connectivity index (χ3v) is 8.43. The molecule has 0 spiro atoms. The van der Waals surface area contributed by atoms with Crippen molar-refractivity contribution in [1.82, 2.24) is 10.2 Å². The van der Waals surface area contributed by atoms with Gasteiger partial charge in [0.2, 0.25) is 5.91 Å². The molecule has 3 N–H and O–H groups in total. The second-order valence-corrected chi connectivity index (χ2v) is 10.7. The average molecular weight is 487 g/mol. The van der Waals surface area contributed by atoms with Crippen LogP contribution in [-0.2, 0) is 4.79 Å². The lowest BCUT2D eigenvalue weighted by molar-refractivity contribution is -0.130. The fourth-order valence-electron chi connectivity index (χ4n) is 6.42. The highest BCUT2D eigenvalue weighted by Gasteiger charge is 2.41. The molecule has 0 saturated heterocycles. The first-order valence-electron chi connectivity index (χ1n) is 13.0. The van der Waals surface area contributed by atoms with Crippen LogP contribution in [-0.4, -0.2) is 41.9 Å². The van der Waals surface area contributed by atoms with Crippen LogP contribution in [0.15, 0.2) is 41.4 Å². The first-order chi connectivity index (χ1) is 17.5. The van der Waals surface area contributed by atoms with Crippen molar-refractivity contribution in [1.29, 1.82) is 0 Å². The predicted octanol–water partition coefficient (Wildman–Crippen LogP) is 3.58. The number of rotatable bonds is 0. The molecule has 2 amide bonds. The van der Waals surface area contributed by atoms with Crippen LogP contribution >= 0.6 is 0 Å². The van der Waals surface area contributed by atoms with Crippen molar-refractivity contribution in [2.45, 2.75) is 62.6 Å². The van der Waals surface area contributed by atoms with E-state index in [9.17, 15) is 9.59 Å². The maximum Gasteiger partial charge on any atom is 0.251 e. The van der Waals surface area contributed by atoms with E-state index in [2.05, 4.69) is 23.5 Å². The Labute approximate surface area is 209 Å². The third-order valence-electron chi connectivity index (χ3n) is 8.43. The van der Waals surface area contributed by atoms with Crippen molar-refractivity contribution in [2.75, 3.05) is 13.2 Å². The van der Waals surface area contributed by atoms with Gasteiger partial charge in [-0.05, 0) is 67.0 Å². The molecule has 1 fully saturated rings. The molecule has 186 valence electrons. The minimum Gasteiger partial charge on any atom is -0.493 e. The normalized spacial score (nSPS) is 30.6. The van der Waals surface area contributed by atoms with Crippen LogP contribution < -0.4 is 20.5 Å². The number of nitrogens with zero attached hydrogens (tertiary/aromatic N) is 2. The van der Waals surface area contributed by atoms with E-state index >= 15 is 0 Å². The lowest BCUT2D eigenvalue weighted by atomic mass is 9.93. The quantitative estimate of drug-likeness (QED) is 0.592. The molecule has 0 aromatic heterocycles. The van der Waals surface area contributed by atoms with E-state index in [1.54, 1.807) is 11.0 Å². The Hall–Kier alpha value is -3.55. The van der Waals surface area contributed by atoms with Crippen molar-refractivity contribution in [2.24, 2.45) is 16.6 Å². The van der Waals surface area contributed by atoms with Gasteiger partial charge in [0.1, 0.15) is 11.5 Å². The number of nitrogens with one attached hydrogen (secondary N) is 1. The minimum atomic E-state index is -0.295. The number of nitrogens with two attached hydrogens (primary N) is 1. The minimum absolute atomic E-state index is 0.00361. The van der Waals surface area contributed by atoms with Crippen LogP contribution in [0.5, 0.6) is 11.5 Å². The van der Waals surface area contributed by atoms with Crippen molar-refractivity contribution >= 4 is 17.8 Å². The molecule has 8 nitrogen and oxygen atoms in total. The second-order valence-electron chi connectivity index (χ2n) is 10.7. The van der Waals surface area contributed by atoms with Crippen LogP contribution in [0.25, 0.3) is 0 Å². The van der Waals surface area contributed by atoms with Gasteiger partial charge < -0.3 is 20.5 Å². The fourth-order valence-corrected chi connectivity index (χ4v) is 6.42. The molecule has 2 aromatic carbocycles. The van der Waals surface area contributed by atoms with E-state index < -0.39 is 0 Å². The molecule has 0 radical (unpaired) electrons. The molecule has 5 atom stereocenters. The fraction of sp³-hybridized carbons (Fsp3) is 0.464. The van der Waals surface area contributed by atoms with E-state index in [0.717, 1.165) is 42.6 Å². The van der Waals surface area contributed by atoms with Gasteiger partial charge in [-0.25, -0.2) is 4.99 Å². The zero-order valence-corrected chi connectivity index (χ0v) is 20.1. The Morgan fingerprint density at radius 3 is 2.61 bits per heavy atom. The number of hydrogen-bond acceptors (Lipinski definition) is 6. The van der Waals surface area contributed by atoms with E-state index in [1.165, 1.54) is 5.56 Å². The number of carbonyl (C=O) groups excluding carboxylic acids is 2. The van der Waals surface area contributed by atoms with Crippen molar-refractivity contribution < 1.29 is 19.1 Å². The summed E-state index contributed by atoms with van der Waals surface area (Å²) < 4.78 is 11.8. The first-order valence-corrected chi connectivity index (χ1v) is 13.0. The molecule has 8 heteroatoms. The maximum absolute atomic E-state index is 13.4. The first kappa shape index (κ1) is 21.7. The highest BCUT2D eigenvalue weighted by atomic mass is 16.5. The molecule has 36 heavy (non-hydrogen) atoms. The van der Waals surface area contributed by atoms with Crippen LogP contribution in [0.4, 0.5) is 0 Å². The Morgan fingerprint density at radius 2 is 1.75 bits per heavy atom. The molecular weight excluding hydrogens is 456 g/mol. The molecule has 2 aromatic rings. The molecule has 5 heterocycles. The topological polar surface area (TPSA) is 106 Å². The molecule has 8 rings (SSSR count). The van der Waals surface area contributed by atoms with E-state index in [-0.39, 0.29) is 35.9 Å². The molecule has 1 saturated carbocycles. The van der Waals surface area contributed by atoms with Crippen LogP contribution in [0.2, 0.25) is 0 Å². The molecule has 6 bridgehead atoms. The number of aliphatic imine (C=N–C) groups is 1. The summed E-state index contributed by atoms with van der Waals surface area (Å²) in [5.74, 6) is 2.75. The maximum atomic E-state index is 13.4. The summed E-state index contributed by atoms with van der Waals surface area (Å²) in [6, 6.07) is 11.4. The zero-order chi connectivity index (χ0) is 24.4.